The van der Waals surface area contributed by atoms with Crippen LogP contribution in [0.1, 0.15) is 37.8 Å². The van der Waals surface area contributed by atoms with Crippen molar-refractivity contribution in [2.24, 2.45) is 12.0 Å². The van der Waals surface area contributed by atoms with Crippen LogP contribution in [0.5, 0.6) is 0 Å². The van der Waals surface area contributed by atoms with Crippen molar-refractivity contribution in [2.45, 2.75) is 39.7 Å². The van der Waals surface area contributed by atoms with E-state index in [2.05, 4.69) is 20.4 Å². The van der Waals surface area contributed by atoms with E-state index in [1.807, 2.05) is 25.5 Å². The monoisotopic (exact) mass is 436 g/mol. The van der Waals surface area contributed by atoms with Gasteiger partial charge in [-0.1, -0.05) is 0 Å². The molecule has 2 rings (SSSR count). The molecule has 1 N–H and O–H groups in total. The molecule has 0 spiro atoms. The average Bonchev–Trinajstić information content (AvgIpc) is 3.15. The number of halogens is 1. The first-order chi connectivity index (χ1) is 10.7. The topological polar surface area (TPSA) is 67.6 Å². The molecule has 1 fully saturated rings. The number of aliphatic imine (C=N–C) groups is 1. The summed E-state index contributed by atoms with van der Waals surface area (Å²) in [5.74, 6) is 2.79. The smallest absolute Gasteiger partial charge is 0.194 e. The summed E-state index contributed by atoms with van der Waals surface area (Å²) >= 11 is 0. The van der Waals surface area contributed by atoms with Gasteiger partial charge in [0.15, 0.2) is 11.8 Å². The molecular weight excluding hydrogens is 407 g/mol. The van der Waals surface area contributed by atoms with Gasteiger partial charge >= 0.3 is 0 Å². The van der Waals surface area contributed by atoms with Crippen molar-refractivity contribution in [3.05, 3.63) is 11.6 Å². The molecule has 2 heterocycles. The molecule has 132 valence electrons. The summed E-state index contributed by atoms with van der Waals surface area (Å²) in [7, 11) is 1.98. The molecule has 1 aliphatic heterocycles. The Hall–Kier alpha value is -0.900. The molecule has 7 nitrogen and oxygen atoms in total. The number of nitrogens with one attached hydrogen (secondary N) is 1. The van der Waals surface area contributed by atoms with E-state index in [-0.39, 0.29) is 24.0 Å². The fourth-order valence-corrected chi connectivity index (χ4v) is 2.45. The second kappa shape index (κ2) is 10.8. The van der Waals surface area contributed by atoms with Crippen LogP contribution in [0.3, 0.4) is 0 Å². The van der Waals surface area contributed by atoms with Crippen molar-refractivity contribution in [1.82, 2.24) is 25.0 Å². The summed E-state index contributed by atoms with van der Waals surface area (Å²) in [4.78, 5) is 7.06. The number of hydrogen-bond acceptors (Lipinski definition) is 4. The number of aromatic nitrogens is 3. The Balaban J connectivity index is 0.00000264. The largest absolute Gasteiger partial charge is 0.382 e. The molecule has 0 aromatic carbocycles. The van der Waals surface area contributed by atoms with Crippen LogP contribution in [0.2, 0.25) is 0 Å². The van der Waals surface area contributed by atoms with Crippen LogP contribution in [-0.2, 0) is 18.3 Å². The number of hydrogen-bond donors (Lipinski definition) is 1. The van der Waals surface area contributed by atoms with Gasteiger partial charge < -0.3 is 19.5 Å². The number of aryl methyl sites for hydroxylation is 1. The second-order valence-electron chi connectivity index (χ2n) is 5.53. The number of nitrogens with zero attached hydrogens (tertiary/aromatic N) is 5. The van der Waals surface area contributed by atoms with Gasteiger partial charge in [-0.15, -0.1) is 34.2 Å². The molecule has 1 aromatic rings. The van der Waals surface area contributed by atoms with Crippen molar-refractivity contribution in [3.8, 4) is 0 Å². The summed E-state index contributed by atoms with van der Waals surface area (Å²) in [5, 5.41) is 11.7. The van der Waals surface area contributed by atoms with E-state index in [4.69, 9.17) is 9.73 Å². The number of rotatable bonds is 7. The highest BCUT2D eigenvalue weighted by Crippen LogP contribution is 2.08. The maximum Gasteiger partial charge on any atom is 0.194 e. The molecule has 8 heteroatoms. The Morgan fingerprint density at radius 2 is 2.04 bits per heavy atom. The molecule has 1 aromatic heterocycles. The van der Waals surface area contributed by atoms with Crippen LogP contribution in [-0.4, -0.2) is 58.5 Å². The number of ether oxygens (including phenoxy) is 1. The lowest BCUT2D eigenvalue weighted by Crippen LogP contribution is -2.40. The average molecular weight is 436 g/mol. The number of guanidine groups is 1. The lowest BCUT2D eigenvalue weighted by atomic mass is 10.4. The summed E-state index contributed by atoms with van der Waals surface area (Å²) in [6.45, 7) is 9.14. The van der Waals surface area contributed by atoms with Crippen LogP contribution in [0.25, 0.3) is 0 Å². The second-order valence-corrected chi connectivity index (χ2v) is 5.53. The third kappa shape index (κ3) is 6.25. The molecule has 0 unspecified atom stereocenters. The van der Waals surface area contributed by atoms with Gasteiger partial charge in [-0.2, -0.15) is 0 Å². The normalized spacial score (nSPS) is 14.9. The Morgan fingerprint density at radius 1 is 1.30 bits per heavy atom. The van der Waals surface area contributed by atoms with Crippen molar-refractivity contribution in [3.63, 3.8) is 0 Å². The highest BCUT2D eigenvalue weighted by atomic mass is 127. The molecule has 1 aliphatic rings. The van der Waals surface area contributed by atoms with E-state index in [1.165, 1.54) is 12.8 Å². The highest BCUT2D eigenvalue weighted by molar-refractivity contribution is 14.0. The summed E-state index contributed by atoms with van der Waals surface area (Å²) < 4.78 is 7.36. The molecule has 0 saturated carbocycles. The quantitative estimate of drug-likeness (QED) is 0.305. The van der Waals surface area contributed by atoms with E-state index in [0.717, 1.165) is 56.9 Å². The van der Waals surface area contributed by atoms with E-state index in [1.54, 1.807) is 0 Å². The maximum absolute atomic E-state index is 5.37. The Labute approximate surface area is 155 Å². The first-order valence-corrected chi connectivity index (χ1v) is 8.18. The van der Waals surface area contributed by atoms with E-state index in [0.29, 0.717) is 6.54 Å². The third-order valence-electron chi connectivity index (χ3n) is 3.91. The zero-order valence-electron chi connectivity index (χ0n) is 14.4. The van der Waals surface area contributed by atoms with Gasteiger partial charge in [0, 0.05) is 39.9 Å². The van der Waals surface area contributed by atoms with Crippen molar-refractivity contribution >= 4 is 29.9 Å². The Kier molecular flexibility index (Phi) is 9.46. The summed E-state index contributed by atoms with van der Waals surface area (Å²) in [6.07, 6.45) is 3.47. The van der Waals surface area contributed by atoms with Crippen LogP contribution in [0.15, 0.2) is 4.99 Å². The van der Waals surface area contributed by atoms with Crippen LogP contribution in [0.4, 0.5) is 0 Å². The molecule has 0 bridgehead atoms. The van der Waals surface area contributed by atoms with Crippen molar-refractivity contribution < 1.29 is 4.74 Å². The standard InChI is InChI=1S/C15H28N6O.HI/c1-4-22-11-7-8-16-15(21-9-5-6-10-21)17-12-14-19-18-13(2)20(14)3;/h4-12H2,1-3H3,(H,16,17);1H. The zero-order chi connectivity index (χ0) is 15.8. The van der Waals surface area contributed by atoms with Crippen molar-refractivity contribution in [2.75, 3.05) is 32.8 Å². The first kappa shape index (κ1) is 20.1. The minimum absolute atomic E-state index is 0. The van der Waals surface area contributed by atoms with Gasteiger partial charge in [0.2, 0.25) is 0 Å². The molecule has 0 amide bonds. The zero-order valence-corrected chi connectivity index (χ0v) is 16.7. The molecule has 0 atom stereocenters. The summed E-state index contributed by atoms with van der Waals surface area (Å²) in [6, 6.07) is 0. The van der Waals surface area contributed by atoms with Gasteiger partial charge in [-0.3, -0.25) is 0 Å². The van der Waals surface area contributed by atoms with Gasteiger partial charge in [-0.05, 0) is 33.1 Å². The lowest BCUT2D eigenvalue weighted by Gasteiger charge is -2.21. The highest BCUT2D eigenvalue weighted by Gasteiger charge is 2.16. The van der Waals surface area contributed by atoms with Gasteiger partial charge in [-0.25, -0.2) is 4.99 Å². The minimum atomic E-state index is 0. The first-order valence-electron chi connectivity index (χ1n) is 8.18. The summed E-state index contributed by atoms with van der Waals surface area (Å²) in [5.41, 5.74) is 0. The SMILES string of the molecule is CCOCCCNC(=NCc1nnc(C)n1C)N1CCCC1.I. The predicted octanol–water partition coefficient (Wildman–Crippen LogP) is 1.71. The molecule has 23 heavy (non-hydrogen) atoms. The molecule has 1 saturated heterocycles. The fourth-order valence-electron chi connectivity index (χ4n) is 2.45. The van der Waals surface area contributed by atoms with E-state index >= 15 is 0 Å². The number of likely N-dealkylation sites (tertiary alicyclic amines) is 1. The molecule has 0 aliphatic carbocycles. The van der Waals surface area contributed by atoms with Crippen LogP contribution in [0, 0.1) is 6.92 Å². The predicted molar refractivity (Wildman–Crippen MR) is 102 cm³/mol. The minimum Gasteiger partial charge on any atom is -0.382 e. The fraction of sp³-hybridized carbons (Fsp3) is 0.800. The van der Waals surface area contributed by atoms with Gasteiger partial charge in [0.05, 0.1) is 0 Å². The van der Waals surface area contributed by atoms with Crippen LogP contribution < -0.4 is 5.32 Å². The lowest BCUT2D eigenvalue weighted by molar-refractivity contribution is 0.145. The maximum atomic E-state index is 5.37. The Morgan fingerprint density at radius 3 is 2.65 bits per heavy atom. The molecular formula is C15H29IN6O. The Bertz CT molecular complexity index is 484. The van der Waals surface area contributed by atoms with E-state index in [9.17, 15) is 0 Å². The third-order valence-corrected chi connectivity index (χ3v) is 3.91. The molecule has 0 radical (unpaired) electrons. The van der Waals surface area contributed by atoms with E-state index < -0.39 is 0 Å². The van der Waals surface area contributed by atoms with Crippen LogP contribution >= 0.6 is 24.0 Å². The van der Waals surface area contributed by atoms with Gasteiger partial charge in [0.1, 0.15) is 12.4 Å². The van der Waals surface area contributed by atoms with Crippen molar-refractivity contribution in [1.29, 1.82) is 0 Å². The van der Waals surface area contributed by atoms with Gasteiger partial charge in [0.25, 0.3) is 0 Å².